The minimum atomic E-state index is -0.886. The highest BCUT2D eigenvalue weighted by Crippen LogP contribution is 2.62. The number of nitrogens with zero attached hydrogens (tertiary/aromatic N) is 1. The van der Waals surface area contributed by atoms with E-state index in [0.29, 0.717) is 17.1 Å². The van der Waals surface area contributed by atoms with Gasteiger partial charge in [0.1, 0.15) is 16.3 Å². The van der Waals surface area contributed by atoms with Gasteiger partial charge in [0, 0.05) is 17.2 Å². The smallest absolute Gasteiger partial charge is 0.317 e. The monoisotopic (exact) mass is 317 g/mol. The van der Waals surface area contributed by atoms with Gasteiger partial charge >= 0.3 is 5.97 Å². The van der Waals surface area contributed by atoms with Crippen molar-refractivity contribution in [3.8, 4) is 5.75 Å². The molecule has 1 aliphatic rings. The summed E-state index contributed by atoms with van der Waals surface area (Å²) in [5.74, 6) is -0.410. The first-order valence-corrected chi connectivity index (χ1v) is 7.38. The number of hydrogen-bond acceptors (Lipinski definition) is 4. The Kier molecular flexibility index (Phi) is 3.57. The summed E-state index contributed by atoms with van der Waals surface area (Å²) < 4.78 is 5.00. The predicted molar refractivity (Wildman–Crippen MR) is 83.1 cm³/mol. The summed E-state index contributed by atoms with van der Waals surface area (Å²) in [6.07, 6.45) is 0.546. The molecular formula is C17H16ClNO3. The fourth-order valence-electron chi connectivity index (χ4n) is 3.06. The fourth-order valence-corrected chi connectivity index (χ4v) is 3.23. The van der Waals surface area contributed by atoms with E-state index in [1.807, 2.05) is 19.1 Å². The number of carbonyl (C=O) groups excluding carboxylic acids is 1. The molecule has 1 aliphatic carbocycles. The van der Waals surface area contributed by atoms with Crippen LogP contribution in [0.3, 0.4) is 0 Å². The molecule has 4 nitrogen and oxygen atoms in total. The number of aromatic nitrogens is 1. The molecule has 22 heavy (non-hydrogen) atoms. The van der Waals surface area contributed by atoms with Crippen LogP contribution in [0.2, 0.25) is 5.15 Å². The van der Waals surface area contributed by atoms with Crippen LogP contribution in [0.5, 0.6) is 5.75 Å². The molecule has 0 amide bonds. The lowest BCUT2D eigenvalue weighted by Crippen LogP contribution is -2.24. The van der Waals surface area contributed by atoms with Gasteiger partial charge in [-0.3, -0.25) is 4.79 Å². The number of hydrogen-bond donors (Lipinski definition) is 1. The maximum atomic E-state index is 12.4. The van der Waals surface area contributed by atoms with Gasteiger partial charge < -0.3 is 9.84 Å². The quantitative estimate of drug-likeness (QED) is 0.696. The van der Waals surface area contributed by atoms with Gasteiger partial charge in [0.25, 0.3) is 0 Å². The Morgan fingerprint density at radius 3 is 2.86 bits per heavy atom. The van der Waals surface area contributed by atoms with Crippen molar-refractivity contribution in [3.05, 3.63) is 58.4 Å². The highest BCUT2D eigenvalue weighted by Gasteiger charge is 2.64. The molecule has 2 atom stereocenters. The van der Waals surface area contributed by atoms with Gasteiger partial charge in [0.2, 0.25) is 0 Å². The zero-order valence-corrected chi connectivity index (χ0v) is 13.1. The van der Waals surface area contributed by atoms with Crippen molar-refractivity contribution >= 4 is 17.6 Å². The number of carbonyl (C=O) groups is 1. The second-order valence-electron chi connectivity index (χ2n) is 5.63. The lowest BCUT2D eigenvalue weighted by atomic mass is 9.90. The van der Waals surface area contributed by atoms with Crippen molar-refractivity contribution in [1.29, 1.82) is 0 Å². The van der Waals surface area contributed by atoms with Crippen molar-refractivity contribution in [2.24, 2.45) is 0 Å². The van der Waals surface area contributed by atoms with E-state index in [1.54, 1.807) is 24.3 Å². The fraction of sp³-hybridized carbons (Fsp3) is 0.294. The zero-order valence-electron chi connectivity index (χ0n) is 12.3. The van der Waals surface area contributed by atoms with Crippen LogP contribution in [-0.2, 0) is 14.9 Å². The molecule has 114 valence electrons. The predicted octanol–water partition coefficient (Wildman–Crippen LogP) is 3.35. The molecule has 2 aromatic rings. The van der Waals surface area contributed by atoms with Gasteiger partial charge in [-0.1, -0.05) is 35.4 Å². The van der Waals surface area contributed by atoms with E-state index >= 15 is 0 Å². The Balaban J connectivity index is 2.10. The first kappa shape index (κ1) is 14.9. The molecule has 0 spiro atoms. The molecule has 0 radical (unpaired) electrons. The topological polar surface area (TPSA) is 59.4 Å². The Morgan fingerprint density at radius 2 is 2.18 bits per heavy atom. The standard InChI is InChI=1S/C17H16ClNO3/c1-10-6-7-14(20)11(8-10)17(16(21)22-2)9-12(17)13-4-3-5-15(18)19-13/h3-8,12,20H,9H2,1-2H3/t12?,17-/m0/s1. The number of rotatable bonds is 3. The SMILES string of the molecule is COC(=O)[C@]1(c2cc(C)ccc2O)CC1c1cccc(Cl)n1. The lowest BCUT2D eigenvalue weighted by Gasteiger charge is -2.17. The van der Waals surface area contributed by atoms with E-state index in [1.165, 1.54) is 7.11 Å². The molecule has 1 unspecified atom stereocenters. The Labute approximate surface area is 133 Å². The lowest BCUT2D eigenvalue weighted by molar-refractivity contribution is -0.143. The molecule has 0 saturated heterocycles. The number of halogens is 1. The van der Waals surface area contributed by atoms with Crippen LogP contribution in [0.25, 0.3) is 0 Å². The second kappa shape index (κ2) is 5.29. The molecule has 1 aromatic heterocycles. The number of benzene rings is 1. The maximum absolute atomic E-state index is 12.4. The molecule has 1 saturated carbocycles. The van der Waals surface area contributed by atoms with Crippen LogP contribution in [0.15, 0.2) is 36.4 Å². The highest BCUT2D eigenvalue weighted by atomic mass is 35.5. The van der Waals surface area contributed by atoms with E-state index < -0.39 is 5.41 Å². The van der Waals surface area contributed by atoms with Crippen molar-refractivity contribution in [2.45, 2.75) is 24.7 Å². The zero-order chi connectivity index (χ0) is 15.9. The van der Waals surface area contributed by atoms with Crippen molar-refractivity contribution < 1.29 is 14.6 Å². The third kappa shape index (κ3) is 2.24. The van der Waals surface area contributed by atoms with E-state index in [-0.39, 0.29) is 17.6 Å². The molecule has 5 heteroatoms. The summed E-state index contributed by atoms with van der Waals surface area (Å²) in [7, 11) is 1.36. The number of esters is 1. The van der Waals surface area contributed by atoms with Gasteiger partial charge in [-0.05, 0) is 31.5 Å². The van der Waals surface area contributed by atoms with Gasteiger partial charge in [0.15, 0.2) is 0 Å². The van der Waals surface area contributed by atoms with Crippen molar-refractivity contribution in [3.63, 3.8) is 0 Å². The molecule has 1 aromatic carbocycles. The molecular weight excluding hydrogens is 302 g/mol. The van der Waals surface area contributed by atoms with E-state index in [4.69, 9.17) is 16.3 Å². The number of aryl methyl sites for hydroxylation is 1. The minimum absolute atomic E-state index is 0.0977. The first-order chi connectivity index (χ1) is 10.5. The average molecular weight is 318 g/mol. The summed E-state index contributed by atoms with van der Waals surface area (Å²) in [6, 6.07) is 10.6. The van der Waals surface area contributed by atoms with Crippen LogP contribution >= 0.6 is 11.6 Å². The number of ether oxygens (including phenoxy) is 1. The Hall–Kier alpha value is -2.07. The molecule has 0 bridgehead atoms. The van der Waals surface area contributed by atoms with Crippen molar-refractivity contribution in [2.75, 3.05) is 7.11 Å². The number of phenols is 1. The largest absolute Gasteiger partial charge is 0.508 e. The summed E-state index contributed by atoms with van der Waals surface area (Å²) in [5.41, 5.74) is 1.41. The Bertz CT molecular complexity index is 746. The second-order valence-corrected chi connectivity index (χ2v) is 6.01. The third-order valence-electron chi connectivity index (χ3n) is 4.24. The number of aromatic hydroxyl groups is 1. The van der Waals surface area contributed by atoms with Crippen LogP contribution in [0, 0.1) is 6.92 Å². The number of phenolic OH excluding ortho intramolecular Hbond substituents is 1. The minimum Gasteiger partial charge on any atom is -0.508 e. The highest BCUT2D eigenvalue weighted by molar-refractivity contribution is 6.29. The normalized spacial score (nSPS) is 23.1. The Morgan fingerprint density at radius 1 is 1.41 bits per heavy atom. The van der Waals surface area contributed by atoms with Crippen LogP contribution in [-0.4, -0.2) is 23.2 Å². The van der Waals surface area contributed by atoms with Crippen LogP contribution in [0.4, 0.5) is 0 Å². The summed E-state index contributed by atoms with van der Waals surface area (Å²) in [4.78, 5) is 16.7. The van der Waals surface area contributed by atoms with Crippen LogP contribution in [0.1, 0.15) is 29.2 Å². The van der Waals surface area contributed by atoms with Crippen molar-refractivity contribution in [1.82, 2.24) is 4.98 Å². The summed E-state index contributed by atoms with van der Waals surface area (Å²) in [6.45, 7) is 1.92. The molecule has 1 fully saturated rings. The van der Waals surface area contributed by atoms with E-state index in [2.05, 4.69) is 4.98 Å². The number of pyridine rings is 1. The van der Waals surface area contributed by atoms with Crippen LogP contribution < -0.4 is 0 Å². The van der Waals surface area contributed by atoms with Gasteiger partial charge in [-0.15, -0.1) is 0 Å². The van der Waals surface area contributed by atoms with Gasteiger partial charge in [0.05, 0.1) is 7.11 Å². The molecule has 1 N–H and O–H groups in total. The molecule has 3 rings (SSSR count). The van der Waals surface area contributed by atoms with Gasteiger partial charge in [-0.2, -0.15) is 0 Å². The summed E-state index contributed by atoms with van der Waals surface area (Å²) in [5, 5.41) is 10.6. The van der Waals surface area contributed by atoms with E-state index in [0.717, 1.165) is 11.3 Å². The first-order valence-electron chi connectivity index (χ1n) is 7.00. The third-order valence-corrected chi connectivity index (χ3v) is 4.45. The molecule has 0 aliphatic heterocycles. The maximum Gasteiger partial charge on any atom is 0.317 e. The summed E-state index contributed by atoms with van der Waals surface area (Å²) >= 11 is 5.95. The molecule has 1 heterocycles. The van der Waals surface area contributed by atoms with E-state index in [9.17, 15) is 9.90 Å². The van der Waals surface area contributed by atoms with Gasteiger partial charge in [-0.25, -0.2) is 4.98 Å². The number of methoxy groups -OCH3 is 1. The average Bonchev–Trinajstić information content (AvgIpc) is 3.25.